The molecule has 0 aromatic carbocycles. The van der Waals surface area contributed by atoms with Crippen LogP contribution in [-0.2, 0) is 9.53 Å². The SMILES string of the molecule is CN(C[C@@H]1CCCO1)C(=O)/C=C/c1cccnc1. The van der Waals surface area contributed by atoms with Gasteiger partial charge in [-0.25, -0.2) is 0 Å². The fourth-order valence-electron chi connectivity index (χ4n) is 1.95. The van der Waals surface area contributed by atoms with Gasteiger partial charge in [-0.15, -0.1) is 0 Å². The van der Waals surface area contributed by atoms with E-state index in [1.807, 2.05) is 12.1 Å². The van der Waals surface area contributed by atoms with E-state index in [-0.39, 0.29) is 12.0 Å². The van der Waals surface area contributed by atoms with Crippen LogP contribution in [0, 0.1) is 0 Å². The van der Waals surface area contributed by atoms with Crippen molar-refractivity contribution in [3.63, 3.8) is 0 Å². The molecule has 1 fully saturated rings. The molecule has 0 saturated carbocycles. The van der Waals surface area contributed by atoms with Crippen molar-refractivity contribution in [3.8, 4) is 0 Å². The zero-order chi connectivity index (χ0) is 12.8. The summed E-state index contributed by atoms with van der Waals surface area (Å²) in [6.07, 6.45) is 9.13. The summed E-state index contributed by atoms with van der Waals surface area (Å²) in [7, 11) is 1.80. The summed E-state index contributed by atoms with van der Waals surface area (Å²) in [6, 6.07) is 3.76. The molecular weight excluding hydrogens is 228 g/mol. The first-order valence-electron chi connectivity index (χ1n) is 6.20. The molecular formula is C14H18N2O2. The van der Waals surface area contributed by atoms with Gasteiger partial charge in [0, 0.05) is 38.7 Å². The van der Waals surface area contributed by atoms with Gasteiger partial charge in [-0.2, -0.15) is 0 Å². The molecule has 18 heavy (non-hydrogen) atoms. The van der Waals surface area contributed by atoms with Crippen molar-refractivity contribution in [1.82, 2.24) is 9.88 Å². The molecule has 0 bridgehead atoms. The van der Waals surface area contributed by atoms with E-state index in [1.54, 1.807) is 36.5 Å². The molecule has 2 rings (SSSR count). The third-order valence-corrected chi connectivity index (χ3v) is 2.98. The molecule has 1 saturated heterocycles. The summed E-state index contributed by atoms with van der Waals surface area (Å²) < 4.78 is 5.51. The Morgan fingerprint density at radius 1 is 1.67 bits per heavy atom. The smallest absolute Gasteiger partial charge is 0.246 e. The zero-order valence-electron chi connectivity index (χ0n) is 10.6. The molecule has 4 heteroatoms. The molecule has 4 nitrogen and oxygen atoms in total. The van der Waals surface area contributed by atoms with Gasteiger partial charge in [-0.3, -0.25) is 9.78 Å². The average molecular weight is 246 g/mol. The van der Waals surface area contributed by atoms with E-state index in [9.17, 15) is 4.79 Å². The largest absolute Gasteiger partial charge is 0.376 e. The standard InChI is InChI=1S/C14H18N2O2/c1-16(11-13-5-3-9-18-13)14(17)7-6-12-4-2-8-15-10-12/h2,4,6-8,10,13H,3,5,9,11H2,1H3/b7-6+/t13-/m0/s1. The fraction of sp³-hybridized carbons (Fsp3) is 0.429. The van der Waals surface area contributed by atoms with Crippen LogP contribution >= 0.6 is 0 Å². The summed E-state index contributed by atoms with van der Waals surface area (Å²) >= 11 is 0. The second-order valence-corrected chi connectivity index (χ2v) is 4.47. The van der Waals surface area contributed by atoms with Gasteiger partial charge in [0.2, 0.25) is 5.91 Å². The van der Waals surface area contributed by atoms with Gasteiger partial charge in [0.1, 0.15) is 0 Å². The second kappa shape index (κ2) is 6.31. The van der Waals surface area contributed by atoms with Crippen LogP contribution in [0.4, 0.5) is 0 Å². The molecule has 1 amide bonds. The minimum atomic E-state index is -0.00523. The lowest BCUT2D eigenvalue weighted by molar-refractivity contribution is -0.126. The number of hydrogen-bond acceptors (Lipinski definition) is 3. The van der Waals surface area contributed by atoms with Gasteiger partial charge in [-0.05, 0) is 30.5 Å². The van der Waals surface area contributed by atoms with E-state index in [0.29, 0.717) is 6.54 Å². The van der Waals surface area contributed by atoms with Crippen LogP contribution in [0.5, 0.6) is 0 Å². The molecule has 1 atom stereocenters. The van der Waals surface area contributed by atoms with Crippen LogP contribution < -0.4 is 0 Å². The highest BCUT2D eigenvalue weighted by Crippen LogP contribution is 2.12. The summed E-state index contributed by atoms with van der Waals surface area (Å²) in [5.74, 6) is -0.00523. The first-order valence-corrected chi connectivity index (χ1v) is 6.20. The highest BCUT2D eigenvalue weighted by atomic mass is 16.5. The molecule has 1 aromatic heterocycles. The van der Waals surface area contributed by atoms with Crippen molar-refractivity contribution >= 4 is 12.0 Å². The second-order valence-electron chi connectivity index (χ2n) is 4.47. The van der Waals surface area contributed by atoms with Crippen molar-refractivity contribution in [2.24, 2.45) is 0 Å². The Balaban J connectivity index is 1.85. The van der Waals surface area contributed by atoms with Crippen LogP contribution in [0.2, 0.25) is 0 Å². The Labute approximate surface area is 107 Å². The lowest BCUT2D eigenvalue weighted by Crippen LogP contribution is -2.32. The maximum absolute atomic E-state index is 11.9. The Morgan fingerprint density at radius 2 is 2.56 bits per heavy atom. The van der Waals surface area contributed by atoms with Crippen LogP contribution in [0.3, 0.4) is 0 Å². The number of pyridine rings is 1. The predicted molar refractivity (Wildman–Crippen MR) is 69.9 cm³/mol. The maximum Gasteiger partial charge on any atom is 0.246 e. The summed E-state index contributed by atoms with van der Waals surface area (Å²) in [5, 5.41) is 0. The Morgan fingerprint density at radius 3 is 3.22 bits per heavy atom. The molecule has 2 heterocycles. The number of hydrogen-bond donors (Lipinski definition) is 0. The number of carbonyl (C=O) groups excluding carboxylic acids is 1. The number of ether oxygens (including phenoxy) is 1. The lowest BCUT2D eigenvalue weighted by Gasteiger charge is -2.19. The van der Waals surface area contributed by atoms with Gasteiger partial charge in [-0.1, -0.05) is 6.07 Å². The lowest BCUT2D eigenvalue weighted by atomic mass is 10.2. The molecule has 0 N–H and O–H groups in total. The number of aromatic nitrogens is 1. The summed E-state index contributed by atoms with van der Waals surface area (Å²) in [4.78, 5) is 17.6. The quantitative estimate of drug-likeness (QED) is 0.760. The summed E-state index contributed by atoms with van der Waals surface area (Å²) in [5.41, 5.74) is 0.927. The van der Waals surface area contributed by atoms with E-state index >= 15 is 0 Å². The van der Waals surface area contributed by atoms with Gasteiger partial charge in [0.25, 0.3) is 0 Å². The third kappa shape index (κ3) is 3.67. The van der Waals surface area contributed by atoms with Crippen molar-refractivity contribution in [3.05, 3.63) is 36.2 Å². The van der Waals surface area contributed by atoms with Crippen molar-refractivity contribution in [1.29, 1.82) is 0 Å². The zero-order valence-corrected chi connectivity index (χ0v) is 10.6. The molecule has 0 radical (unpaired) electrons. The number of amides is 1. The Kier molecular flexibility index (Phi) is 4.47. The number of carbonyl (C=O) groups is 1. The predicted octanol–water partition coefficient (Wildman–Crippen LogP) is 1.73. The molecule has 0 aliphatic carbocycles. The highest BCUT2D eigenvalue weighted by molar-refractivity contribution is 5.91. The van der Waals surface area contributed by atoms with Crippen molar-refractivity contribution in [2.45, 2.75) is 18.9 Å². The van der Waals surface area contributed by atoms with Crippen molar-refractivity contribution in [2.75, 3.05) is 20.2 Å². The molecule has 0 unspecified atom stereocenters. The van der Waals surface area contributed by atoms with E-state index in [0.717, 1.165) is 25.0 Å². The minimum Gasteiger partial charge on any atom is -0.376 e. The Hall–Kier alpha value is -1.68. The van der Waals surface area contributed by atoms with Crippen LogP contribution in [0.25, 0.3) is 6.08 Å². The third-order valence-electron chi connectivity index (χ3n) is 2.98. The van der Waals surface area contributed by atoms with Gasteiger partial charge in [0.05, 0.1) is 6.10 Å². The first-order chi connectivity index (χ1) is 8.75. The van der Waals surface area contributed by atoms with Crippen molar-refractivity contribution < 1.29 is 9.53 Å². The minimum absolute atomic E-state index is 0.00523. The van der Waals surface area contributed by atoms with Gasteiger partial charge in [0.15, 0.2) is 0 Å². The van der Waals surface area contributed by atoms with Crippen LogP contribution in [0.1, 0.15) is 18.4 Å². The van der Waals surface area contributed by atoms with Crippen LogP contribution in [0.15, 0.2) is 30.6 Å². The van der Waals surface area contributed by atoms with E-state index < -0.39 is 0 Å². The summed E-state index contributed by atoms with van der Waals surface area (Å²) in [6.45, 7) is 1.48. The highest BCUT2D eigenvalue weighted by Gasteiger charge is 2.18. The van der Waals surface area contributed by atoms with E-state index in [2.05, 4.69) is 4.98 Å². The van der Waals surface area contributed by atoms with E-state index in [4.69, 9.17) is 4.74 Å². The topological polar surface area (TPSA) is 42.4 Å². The molecule has 1 aromatic rings. The first kappa shape index (κ1) is 12.8. The molecule has 1 aliphatic rings. The Bertz CT molecular complexity index is 411. The molecule has 96 valence electrons. The van der Waals surface area contributed by atoms with E-state index in [1.165, 1.54) is 0 Å². The normalized spacial score (nSPS) is 19.3. The maximum atomic E-state index is 11.9. The van der Waals surface area contributed by atoms with Gasteiger partial charge < -0.3 is 9.64 Å². The average Bonchev–Trinajstić information content (AvgIpc) is 2.90. The van der Waals surface area contributed by atoms with Crippen LogP contribution in [-0.4, -0.2) is 42.1 Å². The molecule has 1 aliphatic heterocycles. The fourth-order valence-corrected chi connectivity index (χ4v) is 1.95. The number of likely N-dealkylation sites (N-methyl/N-ethyl adjacent to an activating group) is 1. The van der Waals surface area contributed by atoms with Gasteiger partial charge >= 0.3 is 0 Å². The number of nitrogens with zero attached hydrogens (tertiary/aromatic N) is 2. The number of rotatable bonds is 4. The molecule has 0 spiro atoms. The monoisotopic (exact) mass is 246 g/mol.